The van der Waals surface area contributed by atoms with Crippen molar-refractivity contribution in [1.29, 1.82) is 0 Å². The number of benzene rings is 2. The Labute approximate surface area is 165 Å². The van der Waals surface area contributed by atoms with E-state index in [1.54, 1.807) is 18.5 Å². The van der Waals surface area contributed by atoms with Gasteiger partial charge in [-0.3, -0.25) is 4.98 Å². The van der Waals surface area contributed by atoms with Crippen LogP contribution >= 0.6 is 0 Å². The maximum atomic E-state index is 13.2. The average Bonchev–Trinajstić information content (AvgIpc) is 3.11. The molecular weight excluding hydrogens is 377 g/mol. The molecule has 0 aliphatic heterocycles. The summed E-state index contributed by atoms with van der Waals surface area (Å²) in [4.78, 5) is 4.13. The number of hydrogen-bond acceptors (Lipinski definition) is 3. The highest BCUT2D eigenvalue weighted by atomic mass is 19.4. The van der Waals surface area contributed by atoms with Gasteiger partial charge in [-0.2, -0.15) is 13.2 Å². The van der Waals surface area contributed by atoms with Crippen molar-refractivity contribution in [2.75, 3.05) is 0 Å². The number of alkyl halides is 3. The molecule has 0 aliphatic carbocycles. The molecule has 146 valence electrons. The van der Waals surface area contributed by atoms with Gasteiger partial charge in [0.25, 0.3) is 0 Å². The molecule has 0 radical (unpaired) electrons. The summed E-state index contributed by atoms with van der Waals surface area (Å²) in [5.41, 5.74) is 2.81. The monoisotopic (exact) mass is 394 g/mol. The highest BCUT2D eigenvalue weighted by molar-refractivity contribution is 5.65. The van der Waals surface area contributed by atoms with Crippen LogP contribution in [0.4, 0.5) is 13.2 Å². The lowest BCUT2D eigenvalue weighted by Gasteiger charge is -2.09. The summed E-state index contributed by atoms with van der Waals surface area (Å²) < 4.78 is 45.1. The van der Waals surface area contributed by atoms with E-state index < -0.39 is 11.7 Å². The average molecular weight is 394 g/mol. The Morgan fingerprint density at radius 3 is 2.34 bits per heavy atom. The van der Waals surface area contributed by atoms with Gasteiger partial charge in [0.2, 0.25) is 0 Å². The highest BCUT2D eigenvalue weighted by Crippen LogP contribution is 2.34. The van der Waals surface area contributed by atoms with Gasteiger partial charge in [-0.1, -0.05) is 53.7 Å². The molecule has 2 aromatic heterocycles. The normalized spacial score (nSPS) is 11.6. The summed E-state index contributed by atoms with van der Waals surface area (Å²) in [6.07, 6.45) is -0.0471. The highest BCUT2D eigenvalue weighted by Gasteiger charge is 2.31. The van der Waals surface area contributed by atoms with Gasteiger partial charge in [0.1, 0.15) is 11.5 Å². The van der Waals surface area contributed by atoms with Crippen LogP contribution in [0.25, 0.3) is 11.3 Å². The Kier molecular flexibility index (Phi) is 5.16. The minimum Gasteiger partial charge on any atom is -0.360 e. The minimum absolute atomic E-state index is 0.377. The van der Waals surface area contributed by atoms with Crippen molar-refractivity contribution < 1.29 is 17.7 Å². The van der Waals surface area contributed by atoms with E-state index >= 15 is 0 Å². The molecule has 4 aromatic rings. The molecule has 0 N–H and O–H groups in total. The molecule has 2 heterocycles. The molecule has 29 heavy (non-hydrogen) atoms. The first-order valence-corrected chi connectivity index (χ1v) is 9.08. The molecule has 0 fully saturated rings. The number of hydrogen-bond donors (Lipinski definition) is 0. The van der Waals surface area contributed by atoms with Gasteiger partial charge in [0.05, 0.1) is 5.56 Å². The van der Waals surface area contributed by atoms with Gasteiger partial charge in [-0.05, 0) is 29.3 Å². The van der Waals surface area contributed by atoms with Crippen molar-refractivity contribution in [1.82, 2.24) is 10.1 Å². The van der Waals surface area contributed by atoms with Crippen LogP contribution in [0, 0.1) is 0 Å². The van der Waals surface area contributed by atoms with Crippen LogP contribution in [0.15, 0.2) is 83.6 Å². The Bertz CT molecular complexity index is 1090. The smallest absolute Gasteiger partial charge is 0.360 e. The van der Waals surface area contributed by atoms with E-state index in [2.05, 4.69) is 10.1 Å². The zero-order valence-electron chi connectivity index (χ0n) is 15.4. The molecule has 0 aliphatic rings. The van der Waals surface area contributed by atoms with Gasteiger partial charge in [-0.25, -0.2) is 0 Å². The number of halogens is 3. The predicted octanol–water partition coefficient (Wildman–Crippen LogP) is 5.94. The van der Waals surface area contributed by atoms with Crippen molar-refractivity contribution in [3.8, 4) is 11.3 Å². The summed E-state index contributed by atoms with van der Waals surface area (Å²) in [5.74, 6) is 0.632. The molecule has 0 amide bonds. The fraction of sp³-hybridized carbons (Fsp3) is 0.130. The lowest BCUT2D eigenvalue weighted by Crippen LogP contribution is -2.04. The Balaban J connectivity index is 1.77. The molecule has 0 unspecified atom stereocenters. The van der Waals surface area contributed by atoms with E-state index in [1.165, 1.54) is 6.07 Å². The van der Waals surface area contributed by atoms with Crippen LogP contribution in [0.2, 0.25) is 0 Å². The van der Waals surface area contributed by atoms with Crippen LogP contribution in [-0.4, -0.2) is 10.1 Å². The molecule has 3 nitrogen and oxygen atoms in total. The second-order valence-electron chi connectivity index (χ2n) is 6.71. The first-order chi connectivity index (χ1) is 14.0. The maximum absolute atomic E-state index is 13.2. The molecule has 4 rings (SSSR count). The summed E-state index contributed by atoms with van der Waals surface area (Å²) in [7, 11) is 0. The van der Waals surface area contributed by atoms with E-state index in [-0.39, 0.29) is 0 Å². The van der Waals surface area contributed by atoms with Gasteiger partial charge < -0.3 is 4.52 Å². The van der Waals surface area contributed by atoms with E-state index in [9.17, 15) is 13.2 Å². The molecule has 0 spiro atoms. The maximum Gasteiger partial charge on any atom is 0.416 e. The zero-order chi connectivity index (χ0) is 20.3. The third kappa shape index (κ3) is 4.37. The fourth-order valence-corrected chi connectivity index (χ4v) is 3.22. The van der Waals surface area contributed by atoms with Crippen molar-refractivity contribution >= 4 is 0 Å². The summed E-state index contributed by atoms with van der Waals surface area (Å²) in [6, 6.07) is 18.6. The fourth-order valence-electron chi connectivity index (χ4n) is 3.22. The Morgan fingerprint density at radius 2 is 1.62 bits per heavy atom. The third-order valence-corrected chi connectivity index (χ3v) is 4.64. The second-order valence-corrected chi connectivity index (χ2v) is 6.71. The first-order valence-electron chi connectivity index (χ1n) is 9.08. The standard InChI is InChI=1S/C23H17F3N2O/c24-23(25,26)19-10-4-9-18(14-19)22-20(12-17-8-5-11-27-15-17)21(29-28-22)13-16-6-2-1-3-7-16/h1-11,14-15H,12-13H2. The Hall–Kier alpha value is -3.41. The number of aromatic nitrogens is 2. The van der Waals surface area contributed by atoms with Gasteiger partial charge in [0, 0.05) is 36.4 Å². The molecular formula is C23H17F3N2O. The van der Waals surface area contributed by atoms with Crippen LogP contribution in [0.5, 0.6) is 0 Å². The van der Waals surface area contributed by atoms with Crippen LogP contribution in [0.3, 0.4) is 0 Å². The molecule has 2 aromatic carbocycles. The van der Waals surface area contributed by atoms with Crippen LogP contribution in [-0.2, 0) is 19.0 Å². The van der Waals surface area contributed by atoms with E-state index in [4.69, 9.17) is 4.52 Å². The molecule has 0 bridgehead atoms. The van der Waals surface area contributed by atoms with Crippen molar-refractivity contribution in [3.63, 3.8) is 0 Å². The largest absolute Gasteiger partial charge is 0.416 e. The topological polar surface area (TPSA) is 38.9 Å². The van der Waals surface area contributed by atoms with Gasteiger partial charge in [0.15, 0.2) is 0 Å². The first kappa shape index (κ1) is 18.9. The second kappa shape index (κ2) is 7.91. The molecule has 0 saturated carbocycles. The zero-order valence-corrected chi connectivity index (χ0v) is 15.4. The summed E-state index contributed by atoms with van der Waals surface area (Å²) in [5, 5.41) is 4.14. The molecule has 0 saturated heterocycles. The van der Waals surface area contributed by atoms with Crippen LogP contribution < -0.4 is 0 Å². The van der Waals surface area contributed by atoms with Gasteiger partial charge >= 0.3 is 6.18 Å². The third-order valence-electron chi connectivity index (χ3n) is 4.64. The van der Waals surface area contributed by atoms with Crippen molar-refractivity contribution in [2.45, 2.75) is 19.0 Å². The van der Waals surface area contributed by atoms with E-state index in [0.29, 0.717) is 29.9 Å². The minimum atomic E-state index is -4.42. The lowest BCUT2D eigenvalue weighted by atomic mass is 9.96. The van der Waals surface area contributed by atoms with E-state index in [1.807, 2.05) is 42.5 Å². The number of pyridine rings is 1. The predicted molar refractivity (Wildman–Crippen MR) is 103 cm³/mol. The van der Waals surface area contributed by atoms with Gasteiger partial charge in [-0.15, -0.1) is 0 Å². The molecule has 0 atom stereocenters. The van der Waals surface area contributed by atoms with Crippen molar-refractivity contribution in [3.05, 3.63) is 107 Å². The molecule has 6 heteroatoms. The lowest BCUT2D eigenvalue weighted by molar-refractivity contribution is -0.137. The summed E-state index contributed by atoms with van der Waals surface area (Å²) in [6.45, 7) is 0. The summed E-state index contributed by atoms with van der Waals surface area (Å²) >= 11 is 0. The quantitative estimate of drug-likeness (QED) is 0.421. The number of rotatable bonds is 5. The SMILES string of the molecule is FC(F)(F)c1cccc(-c2noc(Cc3ccccc3)c2Cc2cccnc2)c1. The number of nitrogens with zero attached hydrogens (tertiary/aromatic N) is 2. The van der Waals surface area contributed by atoms with Crippen LogP contribution in [0.1, 0.15) is 28.0 Å². The van der Waals surface area contributed by atoms with E-state index in [0.717, 1.165) is 28.8 Å². The van der Waals surface area contributed by atoms with Crippen molar-refractivity contribution in [2.24, 2.45) is 0 Å². The Morgan fingerprint density at radius 1 is 0.828 bits per heavy atom.